The highest BCUT2D eigenvalue weighted by Gasteiger charge is 2.33. The molecule has 0 spiro atoms. The number of nitrogens with zero attached hydrogens (tertiary/aromatic N) is 3. The van der Waals surface area contributed by atoms with E-state index in [4.69, 9.17) is 12.2 Å². The molecule has 2 aromatic carbocycles. The first-order valence-electron chi connectivity index (χ1n) is 7.85. The van der Waals surface area contributed by atoms with Crippen LogP contribution in [0, 0.1) is 11.3 Å². The summed E-state index contributed by atoms with van der Waals surface area (Å²) in [5, 5.41) is 14.8. The number of carbonyl (C=O) groups excluding carboxylic acids is 1. The minimum Gasteiger partial charge on any atom is -0.350 e. The van der Waals surface area contributed by atoms with E-state index in [9.17, 15) is 10.1 Å². The average Bonchev–Trinajstić information content (AvgIpc) is 3.12. The van der Waals surface area contributed by atoms with E-state index in [0.717, 1.165) is 16.5 Å². The molecule has 1 atom stereocenters. The Morgan fingerprint density at radius 2 is 1.80 bits per heavy atom. The summed E-state index contributed by atoms with van der Waals surface area (Å²) in [6.07, 6.45) is 1.94. The molecule has 1 aliphatic rings. The highest BCUT2D eigenvalue weighted by atomic mass is 32.1. The van der Waals surface area contributed by atoms with Crippen molar-refractivity contribution >= 4 is 39.7 Å². The highest BCUT2D eigenvalue weighted by Crippen LogP contribution is 2.26. The quantitative estimate of drug-likeness (QED) is 0.724. The molecule has 0 aliphatic carbocycles. The van der Waals surface area contributed by atoms with Crippen molar-refractivity contribution in [2.24, 2.45) is 0 Å². The maximum absolute atomic E-state index is 12.2. The Labute approximate surface area is 150 Å². The second-order valence-electron chi connectivity index (χ2n) is 5.91. The maximum Gasteiger partial charge on any atom is 0.255 e. The predicted octanol–water partition coefficient (Wildman–Crippen LogP) is 3.11. The monoisotopic (exact) mass is 346 g/mol. The zero-order valence-corrected chi connectivity index (χ0v) is 14.2. The Kier molecular flexibility index (Phi) is 3.52. The predicted molar refractivity (Wildman–Crippen MR) is 101 cm³/mol. The average molecular weight is 346 g/mol. The van der Waals surface area contributed by atoms with Crippen molar-refractivity contribution in [3.05, 3.63) is 60.4 Å². The Bertz CT molecular complexity index is 1050. The minimum atomic E-state index is -0.313. The Morgan fingerprint density at radius 3 is 2.44 bits per heavy atom. The van der Waals surface area contributed by atoms with E-state index < -0.39 is 0 Å². The summed E-state index contributed by atoms with van der Waals surface area (Å²) >= 11 is 5.23. The number of nitrogens with one attached hydrogen (secondary N) is 1. The summed E-state index contributed by atoms with van der Waals surface area (Å²) in [6.45, 7) is 1.79. The van der Waals surface area contributed by atoms with Crippen molar-refractivity contribution in [2.45, 2.75) is 13.0 Å². The normalized spacial score (nSPS) is 17.0. The van der Waals surface area contributed by atoms with Gasteiger partial charge >= 0.3 is 0 Å². The van der Waals surface area contributed by atoms with Crippen LogP contribution in [0.3, 0.4) is 0 Å². The summed E-state index contributed by atoms with van der Waals surface area (Å²) in [5.74, 6) is -0.0674. The van der Waals surface area contributed by atoms with Gasteiger partial charge in [0.05, 0.1) is 5.69 Å². The van der Waals surface area contributed by atoms with E-state index in [1.54, 1.807) is 6.92 Å². The number of rotatable bonds is 2. The molecule has 1 saturated heterocycles. The molecule has 25 heavy (non-hydrogen) atoms. The zero-order valence-electron chi connectivity index (χ0n) is 13.4. The van der Waals surface area contributed by atoms with Crippen LogP contribution in [0.4, 0.5) is 5.69 Å². The van der Waals surface area contributed by atoms with E-state index >= 15 is 0 Å². The summed E-state index contributed by atoms with van der Waals surface area (Å²) < 4.78 is 1.86. The molecule has 0 unspecified atom stereocenters. The standard InChI is InChI=1S/C19H14N4OS/c1-12-18(24)23(19(25)21-12)15-8-6-14(7-9-15)22-11-13-4-2-3-5-16(13)17(22)10-20/h2-9,11-12H,1H3,(H,21,25)/t12-/m0/s1. The summed E-state index contributed by atoms with van der Waals surface area (Å²) in [6, 6.07) is 17.2. The molecule has 1 aromatic heterocycles. The molecule has 4 rings (SSSR count). The van der Waals surface area contributed by atoms with Gasteiger partial charge in [-0.3, -0.25) is 9.69 Å². The summed E-state index contributed by atoms with van der Waals surface area (Å²) in [7, 11) is 0. The molecule has 0 saturated carbocycles. The van der Waals surface area contributed by atoms with Crippen LogP contribution in [-0.4, -0.2) is 21.6 Å². The number of anilines is 1. The van der Waals surface area contributed by atoms with Gasteiger partial charge in [0.25, 0.3) is 5.91 Å². The van der Waals surface area contributed by atoms with Gasteiger partial charge in [-0.05, 0) is 43.4 Å². The van der Waals surface area contributed by atoms with Crippen molar-refractivity contribution in [2.75, 3.05) is 4.90 Å². The molecule has 1 amide bonds. The fourth-order valence-electron chi connectivity index (χ4n) is 3.09. The molecule has 6 heteroatoms. The van der Waals surface area contributed by atoms with Gasteiger partial charge in [0.2, 0.25) is 0 Å². The number of hydrogen-bond acceptors (Lipinski definition) is 3. The van der Waals surface area contributed by atoms with Crippen molar-refractivity contribution < 1.29 is 4.79 Å². The lowest BCUT2D eigenvalue weighted by Crippen LogP contribution is -2.30. The SMILES string of the molecule is C[C@@H]1NC(=S)N(c2ccc(-n3cc4ccccc4c3C#N)cc2)C1=O. The number of nitriles is 1. The van der Waals surface area contributed by atoms with E-state index in [-0.39, 0.29) is 11.9 Å². The molecule has 0 radical (unpaired) electrons. The smallest absolute Gasteiger partial charge is 0.255 e. The van der Waals surface area contributed by atoms with E-state index in [2.05, 4.69) is 11.4 Å². The van der Waals surface area contributed by atoms with Crippen molar-refractivity contribution in [3.8, 4) is 11.8 Å². The molecule has 1 aliphatic heterocycles. The number of benzene rings is 2. The first-order valence-corrected chi connectivity index (χ1v) is 8.26. The third kappa shape index (κ3) is 2.37. The first-order chi connectivity index (χ1) is 12.1. The molecule has 2 heterocycles. The Morgan fingerprint density at radius 1 is 1.12 bits per heavy atom. The van der Waals surface area contributed by atoms with Crippen LogP contribution in [0.1, 0.15) is 12.6 Å². The van der Waals surface area contributed by atoms with Crippen LogP contribution in [0.2, 0.25) is 0 Å². The fraction of sp³-hybridized carbons (Fsp3) is 0.105. The van der Waals surface area contributed by atoms with Crippen LogP contribution in [0.5, 0.6) is 0 Å². The van der Waals surface area contributed by atoms with Gasteiger partial charge in [-0.2, -0.15) is 5.26 Å². The van der Waals surface area contributed by atoms with Gasteiger partial charge in [0, 0.05) is 22.7 Å². The van der Waals surface area contributed by atoms with Gasteiger partial charge in [-0.25, -0.2) is 0 Å². The van der Waals surface area contributed by atoms with Crippen molar-refractivity contribution in [1.82, 2.24) is 9.88 Å². The van der Waals surface area contributed by atoms with Gasteiger partial charge in [-0.15, -0.1) is 0 Å². The minimum absolute atomic E-state index is 0.0674. The Hall–Kier alpha value is -3.17. The number of fused-ring (bicyclic) bond motifs is 1. The molecular formula is C19H14N4OS. The lowest BCUT2D eigenvalue weighted by Gasteiger charge is -2.15. The van der Waals surface area contributed by atoms with Crippen LogP contribution in [-0.2, 0) is 4.79 Å². The number of carbonyl (C=O) groups is 1. The van der Waals surface area contributed by atoms with E-state index in [0.29, 0.717) is 16.5 Å². The second kappa shape index (κ2) is 5.72. The van der Waals surface area contributed by atoms with Crippen LogP contribution in [0.25, 0.3) is 16.5 Å². The van der Waals surface area contributed by atoms with Gasteiger partial charge in [0.15, 0.2) is 5.11 Å². The number of amides is 1. The number of thiocarbonyl (C=S) groups is 1. The van der Waals surface area contributed by atoms with E-state index in [1.807, 2.05) is 59.3 Å². The third-order valence-electron chi connectivity index (χ3n) is 4.35. The maximum atomic E-state index is 12.2. The lowest BCUT2D eigenvalue weighted by atomic mass is 10.2. The molecule has 5 nitrogen and oxygen atoms in total. The second-order valence-corrected chi connectivity index (χ2v) is 6.29. The van der Waals surface area contributed by atoms with Crippen LogP contribution < -0.4 is 10.2 Å². The summed E-state index contributed by atoms with van der Waals surface area (Å²) in [5.41, 5.74) is 2.16. The van der Waals surface area contributed by atoms with Crippen LogP contribution >= 0.6 is 12.2 Å². The molecule has 3 aromatic rings. The van der Waals surface area contributed by atoms with Crippen molar-refractivity contribution in [1.29, 1.82) is 5.26 Å². The van der Waals surface area contributed by atoms with Gasteiger partial charge < -0.3 is 9.88 Å². The molecule has 1 N–H and O–H groups in total. The molecule has 0 bridgehead atoms. The topological polar surface area (TPSA) is 61.1 Å². The van der Waals surface area contributed by atoms with Crippen LogP contribution in [0.15, 0.2) is 54.7 Å². The van der Waals surface area contributed by atoms with Gasteiger partial charge in [-0.1, -0.05) is 24.3 Å². The number of aromatic nitrogens is 1. The van der Waals surface area contributed by atoms with E-state index in [1.165, 1.54) is 4.90 Å². The molecule has 122 valence electrons. The third-order valence-corrected chi connectivity index (χ3v) is 4.65. The fourth-order valence-corrected chi connectivity index (χ4v) is 3.46. The lowest BCUT2D eigenvalue weighted by molar-refractivity contribution is -0.117. The zero-order chi connectivity index (χ0) is 17.6. The summed E-state index contributed by atoms with van der Waals surface area (Å²) in [4.78, 5) is 13.7. The largest absolute Gasteiger partial charge is 0.350 e. The number of hydrogen-bond donors (Lipinski definition) is 1. The molecule has 1 fully saturated rings. The first kappa shape index (κ1) is 15.4. The molecular weight excluding hydrogens is 332 g/mol. The highest BCUT2D eigenvalue weighted by molar-refractivity contribution is 7.80. The van der Waals surface area contributed by atoms with Gasteiger partial charge in [0.1, 0.15) is 17.8 Å². The van der Waals surface area contributed by atoms with Crippen molar-refractivity contribution in [3.63, 3.8) is 0 Å². The Balaban J connectivity index is 1.76.